The fraction of sp³-hybridized carbons (Fsp3) is 0.545. The van der Waals surface area contributed by atoms with Gasteiger partial charge in [0.25, 0.3) is 0 Å². The van der Waals surface area contributed by atoms with E-state index in [1.54, 1.807) is 20.8 Å². The molecule has 4 N–H and O–H groups in total. The monoisotopic (exact) mass is 435 g/mol. The molecule has 0 saturated carbocycles. The second-order valence-corrected chi connectivity index (χ2v) is 8.27. The molecule has 9 heteroatoms. The quantitative estimate of drug-likeness (QED) is 0.393. The fourth-order valence-corrected chi connectivity index (χ4v) is 2.81. The third-order valence-electron chi connectivity index (χ3n) is 4.18. The van der Waals surface area contributed by atoms with Crippen molar-refractivity contribution in [1.29, 1.82) is 0 Å². The summed E-state index contributed by atoms with van der Waals surface area (Å²) in [7, 11) is 0. The van der Waals surface area contributed by atoms with Gasteiger partial charge in [0.05, 0.1) is 0 Å². The zero-order chi connectivity index (χ0) is 23.4. The lowest BCUT2D eigenvalue weighted by molar-refractivity contribution is -0.142. The van der Waals surface area contributed by atoms with E-state index in [4.69, 9.17) is 4.74 Å². The van der Waals surface area contributed by atoms with Crippen LogP contribution in [-0.4, -0.2) is 53.2 Å². The van der Waals surface area contributed by atoms with Crippen molar-refractivity contribution < 1.29 is 29.0 Å². The zero-order valence-corrected chi connectivity index (χ0v) is 18.6. The van der Waals surface area contributed by atoms with Crippen molar-refractivity contribution in [1.82, 2.24) is 16.0 Å². The molecule has 0 radical (unpaired) electrons. The lowest BCUT2D eigenvalue weighted by atomic mass is 10.0. The number of rotatable bonds is 11. The number of carbonyl (C=O) groups excluding carboxylic acids is 3. The lowest BCUT2D eigenvalue weighted by Gasteiger charge is -2.21. The third-order valence-corrected chi connectivity index (χ3v) is 4.18. The Labute approximate surface area is 182 Å². The van der Waals surface area contributed by atoms with Crippen LogP contribution in [0.1, 0.15) is 52.5 Å². The Morgan fingerprint density at radius 2 is 1.65 bits per heavy atom. The average molecular weight is 436 g/mol. The van der Waals surface area contributed by atoms with Gasteiger partial charge in [0.2, 0.25) is 11.8 Å². The number of amides is 3. The molecule has 1 aromatic rings. The van der Waals surface area contributed by atoms with Gasteiger partial charge in [0, 0.05) is 19.9 Å². The largest absolute Gasteiger partial charge is 0.480 e. The van der Waals surface area contributed by atoms with E-state index in [9.17, 15) is 24.3 Å². The number of carboxylic acid groups (broad SMARTS) is 1. The van der Waals surface area contributed by atoms with Gasteiger partial charge in [0.15, 0.2) is 0 Å². The van der Waals surface area contributed by atoms with Gasteiger partial charge in [-0.1, -0.05) is 30.3 Å². The minimum Gasteiger partial charge on any atom is -0.480 e. The number of unbranched alkanes of at least 4 members (excludes halogenated alkanes) is 1. The van der Waals surface area contributed by atoms with E-state index in [1.165, 1.54) is 6.92 Å². The Morgan fingerprint density at radius 3 is 2.19 bits per heavy atom. The smallest absolute Gasteiger partial charge is 0.407 e. The molecule has 0 aliphatic carbocycles. The van der Waals surface area contributed by atoms with Crippen LogP contribution in [0.3, 0.4) is 0 Å². The molecule has 0 aliphatic rings. The van der Waals surface area contributed by atoms with Crippen molar-refractivity contribution >= 4 is 23.9 Å². The molecule has 0 aromatic heterocycles. The van der Waals surface area contributed by atoms with Gasteiger partial charge in [-0.25, -0.2) is 9.59 Å². The van der Waals surface area contributed by atoms with E-state index in [0.717, 1.165) is 5.56 Å². The number of benzene rings is 1. The molecule has 172 valence electrons. The number of nitrogens with one attached hydrogen (secondary N) is 3. The maximum atomic E-state index is 12.6. The highest BCUT2D eigenvalue weighted by Crippen LogP contribution is 2.08. The van der Waals surface area contributed by atoms with Gasteiger partial charge in [0.1, 0.15) is 17.7 Å². The predicted molar refractivity (Wildman–Crippen MR) is 115 cm³/mol. The van der Waals surface area contributed by atoms with Gasteiger partial charge in [-0.15, -0.1) is 0 Å². The minimum absolute atomic E-state index is 0.190. The number of hydrogen-bond acceptors (Lipinski definition) is 5. The van der Waals surface area contributed by atoms with Crippen molar-refractivity contribution in [3.8, 4) is 0 Å². The summed E-state index contributed by atoms with van der Waals surface area (Å²) in [5.41, 5.74) is 0.254. The number of alkyl carbamates (subject to hydrolysis) is 1. The van der Waals surface area contributed by atoms with E-state index in [-0.39, 0.29) is 18.7 Å². The highest BCUT2D eigenvalue weighted by atomic mass is 16.6. The Hall–Kier alpha value is -3.10. The first-order valence-electron chi connectivity index (χ1n) is 10.3. The molecule has 3 amide bonds. The van der Waals surface area contributed by atoms with Crippen LogP contribution in [0.2, 0.25) is 0 Å². The first-order chi connectivity index (χ1) is 14.5. The van der Waals surface area contributed by atoms with Crippen LogP contribution in [0.5, 0.6) is 0 Å². The van der Waals surface area contributed by atoms with Crippen molar-refractivity contribution in [3.05, 3.63) is 35.9 Å². The summed E-state index contributed by atoms with van der Waals surface area (Å²) in [6, 6.07) is 7.17. The van der Waals surface area contributed by atoms with Crippen LogP contribution < -0.4 is 16.0 Å². The maximum Gasteiger partial charge on any atom is 0.407 e. The Bertz CT molecular complexity index is 745. The Kier molecular flexibility index (Phi) is 10.5. The van der Waals surface area contributed by atoms with E-state index >= 15 is 0 Å². The van der Waals surface area contributed by atoms with Gasteiger partial charge in [-0.05, 0) is 45.6 Å². The fourth-order valence-electron chi connectivity index (χ4n) is 2.81. The van der Waals surface area contributed by atoms with Crippen LogP contribution in [0, 0.1) is 0 Å². The van der Waals surface area contributed by atoms with Crippen molar-refractivity contribution in [2.24, 2.45) is 0 Å². The lowest BCUT2D eigenvalue weighted by Crippen LogP contribution is -2.52. The molecule has 0 spiro atoms. The molecule has 1 rings (SSSR count). The molecule has 31 heavy (non-hydrogen) atoms. The van der Waals surface area contributed by atoms with Gasteiger partial charge >= 0.3 is 12.1 Å². The SMILES string of the molecule is CC(=O)N[C@@H](Cc1ccccc1)C(=O)N[C@@H](CCCCNC(=O)OC(C)(C)C)C(=O)O. The number of hydrogen-bond donors (Lipinski definition) is 4. The van der Waals surface area contributed by atoms with E-state index < -0.39 is 35.7 Å². The van der Waals surface area contributed by atoms with Crippen LogP contribution in [-0.2, 0) is 25.5 Å². The summed E-state index contributed by atoms with van der Waals surface area (Å²) in [5.74, 6) is -2.09. The topological polar surface area (TPSA) is 134 Å². The van der Waals surface area contributed by atoms with E-state index in [0.29, 0.717) is 19.4 Å². The molecule has 0 fully saturated rings. The molecular formula is C22H33N3O6. The summed E-state index contributed by atoms with van der Waals surface area (Å²) in [6.07, 6.45) is 0.900. The van der Waals surface area contributed by atoms with Crippen molar-refractivity contribution in [2.75, 3.05) is 6.54 Å². The number of ether oxygens (including phenoxy) is 1. The molecule has 0 aliphatic heterocycles. The van der Waals surface area contributed by atoms with Crippen LogP contribution in [0.15, 0.2) is 30.3 Å². The number of carboxylic acids is 1. The molecule has 0 bridgehead atoms. The van der Waals surface area contributed by atoms with Crippen LogP contribution in [0.4, 0.5) is 4.79 Å². The predicted octanol–water partition coefficient (Wildman–Crippen LogP) is 2.00. The molecule has 1 aromatic carbocycles. The second-order valence-electron chi connectivity index (χ2n) is 8.27. The Morgan fingerprint density at radius 1 is 1.00 bits per heavy atom. The highest BCUT2D eigenvalue weighted by molar-refractivity contribution is 5.90. The minimum atomic E-state index is -1.16. The van der Waals surface area contributed by atoms with Crippen molar-refractivity contribution in [2.45, 2.75) is 71.1 Å². The molecule has 0 saturated heterocycles. The summed E-state index contributed by atoms with van der Waals surface area (Å²) >= 11 is 0. The highest BCUT2D eigenvalue weighted by Gasteiger charge is 2.26. The van der Waals surface area contributed by atoms with Crippen LogP contribution in [0.25, 0.3) is 0 Å². The first kappa shape index (κ1) is 25.9. The molecule has 2 atom stereocenters. The number of carbonyl (C=O) groups is 4. The summed E-state index contributed by atoms with van der Waals surface area (Å²) in [4.78, 5) is 47.3. The Balaban J connectivity index is 2.55. The van der Waals surface area contributed by atoms with Crippen molar-refractivity contribution in [3.63, 3.8) is 0 Å². The van der Waals surface area contributed by atoms with Gasteiger partial charge < -0.3 is 25.8 Å². The third kappa shape index (κ3) is 11.6. The first-order valence-corrected chi connectivity index (χ1v) is 10.3. The number of aliphatic carboxylic acids is 1. The van der Waals surface area contributed by atoms with E-state index in [1.807, 2.05) is 30.3 Å². The van der Waals surface area contributed by atoms with Gasteiger partial charge in [-0.3, -0.25) is 9.59 Å². The summed E-state index contributed by atoms with van der Waals surface area (Å²) in [6.45, 7) is 6.92. The second kappa shape index (κ2) is 12.6. The maximum absolute atomic E-state index is 12.6. The van der Waals surface area contributed by atoms with E-state index in [2.05, 4.69) is 16.0 Å². The average Bonchev–Trinajstić information content (AvgIpc) is 2.65. The van der Waals surface area contributed by atoms with Crippen LogP contribution >= 0.6 is 0 Å². The summed E-state index contributed by atoms with van der Waals surface area (Å²) in [5, 5.41) is 17.1. The molecule has 9 nitrogen and oxygen atoms in total. The van der Waals surface area contributed by atoms with Gasteiger partial charge in [-0.2, -0.15) is 0 Å². The molecule has 0 heterocycles. The summed E-state index contributed by atoms with van der Waals surface area (Å²) < 4.78 is 5.13. The molecular weight excluding hydrogens is 402 g/mol. The normalized spacial score (nSPS) is 12.9. The molecule has 0 unspecified atom stereocenters. The zero-order valence-electron chi connectivity index (χ0n) is 18.6. The standard InChI is InChI=1S/C22H33N3O6/c1-15(26)24-18(14-16-10-6-5-7-11-16)19(27)25-17(20(28)29)12-8-9-13-23-21(30)31-22(2,3)4/h5-7,10-11,17-18H,8-9,12-14H2,1-4H3,(H,23,30)(H,24,26)(H,25,27)(H,28,29)/t17-,18-/m0/s1.